The third-order valence-electron chi connectivity index (χ3n) is 1.43. The third-order valence-corrected chi connectivity index (χ3v) is 1.43. The molecule has 0 aliphatic carbocycles. The van der Waals surface area contributed by atoms with Gasteiger partial charge in [-0.25, -0.2) is 4.79 Å². The smallest absolute Gasteiger partial charge is 1.00 e. The minimum Gasteiger partial charge on any atom is -1.00 e. The van der Waals surface area contributed by atoms with Crippen molar-refractivity contribution in [3.8, 4) is 0 Å². The number of rotatable bonds is 2. The summed E-state index contributed by atoms with van der Waals surface area (Å²) >= 11 is 0. The molecule has 2 N–H and O–H groups in total. The van der Waals surface area contributed by atoms with E-state index in [1.807, 2.05) is 0 Å². The molecule has 0 unspecified atom stereocenters. The van der Waals surface area contributed by atoms with Gasteiger partial charge in [-0.05, 0) is 18.2 Å². The van der Waals surface area contributed by atoms with Crippen LogP contribution < -0.4 is 34.9 Å². The van der Waals surface area contributed by atoms with E-state index in [-0.39, 0.29) is 42.5 Å². The van der Waals surface area contributed by atoms with Crippen molar-refractivity contribution in [3.63, 3.8) is 0 Å². The Bertz CT molecular complexity index is 357. The SMILES string of the molecule is CC(=O)Nc1cccc(C(=O)O)c1.[H-].[Na+]. The molecule has 70 valence electrons. The Morgan fingerprint density at radius 2 is 2.07 bits per heavy atom. The summed E-state index contributed by atoms with van der Waals surface area (Å²) in [4.78, 5) is 21.2. The molecule has 0 heterocycles. The van der Waals surface area contributed by atoms with Gasteiger partial charge in [0.25, 0.3) is 0 Å². The molecule has 0 saturated carbocycles. The monoisotopic (exact) mass is 203 g/mol. The van der Waals surface area contributed by atoms with Crippen LogP contribution in [-0.2, 0) is 4.79 Å². The molecule has 0 aromatic heterocycles. The van der Waals surface area contributed by atoms with Gasteiger partial charge in [0.1, 0.15) is 0 Å². The normalized spacial score (nSPS) is 8.64. The second-order valence-electron chi connectivity index (χ2n) is 2.57. The van der Waals surface area contributed by atoms with Gasteiger partial charge in [0.2, 0.25) is 5.91 Å². The Morgan fingerprint density at radius 1 is 1.43 bits per heavy atom. The molecule has 1 rings (SSSR count). The molecule has 0 aliphatic heterocycles. The fourth-order valence-corrected chi connectivity index (χ4v) is 0.933. The van der Waals surface area contributed by atoms with E-state index in [1.165, 1.54) is 19.1 Å². The molecular formula is C9H10NNaO3. The van der Waals surface area contributed by atoms with E-state index in [0.29, 0.717) is 5.69 Å². The summed E-state index contributed by atoms with van der Waals surface area (Å²) in [5.74, 6) is -1.23. The second kappa shape index (κ2) is 5.80. The van der Waals surface area contributed by atoms with Crippen LogP contribution in [0, 0.1) is 0 Å². The molecule has 0 radical (unpaired) electrons. The number of benzene rings is 1. The van der Waals surface area contributed by atoms with E-state index in [2.05, 4.69) is 5.32 Å². The maximum absolute atomic E-state index is 10.6. The molecule has 0 fully saturated rings. The van der Waals surface area contributed by atoms with Crippen LogP contribution in [0.5, 0.6) is 0 Å². The van der Waals surface area contributed by atoms with Crippen molar-refractivity contribution in [1.82, 2.24) is 0 Å². The van der Waals surface area contributed by atoms with Gasteiger partial charge >= 0.3 is 35.5 Å². The van der Waals surface area contributed by atoms with Crippen molar-refractivity contribution in [1.29, 1.82) is 0 Å². The summed E-state index contributed by atoms with van der Waals surface area (Å²) in [5, 5.41) is 11.1. The van der Waals surface area contributed by atoms with Gasteiger partial charge in [-0.2, -0.15) is 0 Å². The molecular weight excluding hydrogens is 193 g/mol. The van der Waals surface area contributed by atoms with E-state index in [1.54, 1.807) is 12.1 Å². The number of hydrogen-bond donors (Lipinski definition) is 2. The molecule has 5 heteroatoms. The summed E-state index contributed by atoms with van der Waals surface area (Å²) in [6.07, 6.45) is 0. The summed E-state index contributed by atoms with van der Waals surface area (Å²) in [6, 6.07) is 6.08. The molecule has 0 saturated heterocycles. The first kappa shape index (κ1) is 13.2. The maximum atomic E-state index is 10.6. The predicted octanol–water partition coefficient (Wildman–Crippen LogP) is -1.54. The average Bonchev–Trinajstić information content (AvgIpc) is 2.03. The van der Waals surface area contributed by atoms with Crippen molar-refractivity contribution < 1.29 is 45.7 Å². The van der Waals surface area contributed by atoms with Gasteiger partial charge in [0.15, 0.2) is 0 Å². The molecule has 0 spiro atoms. The fraction of sp³-hybridized carbons (Fsp3) is 0.111. The number of amides is 1. The Morgan fingerprint density at radius 3 is 2.57 bits per heavy atom. The van der Waals surface area contributed by atoms with Crippen molar-refractivity contribution in [3.05, 3.63) is 29.8 Å². The summed E-state index contributed by atoms with van der Waals surface area (Å²) in [7, 11) is 0. The van der Waals surface area contributed by atoms with E-state index in [0.717, 1.165) is 0 Å². The molecule has 4 nitrogen and oxygen atoms in total. The van der Waals surface area contributed by atoms with Gasteiger partial charge < -0.3 is 11.8 Å². The molecule has 0 bridgehead atoms. The number of carboxylic acid groups (broad SMARTS) is 1. The largest absolute Gasteiger partial charge is 1.00 e. The Labute approximate surface area is 105 Å². The maximum Gasteiger partial charge on any atom is 1.00 e. The molecule has 1 aromatic carbocycles. The molecule has 1 aromatic rings. The zero-order valence-corrected chi connectivity index (χ0v) is 10.1. The van der Waals surface area contributed by atoms with E-state index in [9.17, 15) is 9.59 Å². The molecule has 1 amide bonds. The Kier molecular flexibility index (Phi) is 5.45. The van der Waals surface area contributed by atoms with Crippen LogP contribution >= 0.6 is 0 Å². The molecule has 0 atom stereocenters. The summed E-state index contributed by atoms with van der Waals surface area (Å²) < 4.78 is 0. The molecule has 14 heavy (non-hydrogen) atoms. The fourth-order valence-electron chi connectivity index (χ4n) is 0.933. The van der Waals surface area contributed by atoms with Gasteiger partial charge in [0.05, 0.1) is 5.56 Å². The van der Waals surface area contributed by atoms with Crippen LogP contribution in [0.15, 0.2) is 24.3 Å². The number of carbonyl (C=O) groups is 2. The van der Waals surface area contributed by atoms with Crippen LogP contribution in [0.25, 0.3) is 0 Å². The minimum atomic E-state index is -1.01. The Balaban J connectivity index is 0. The van der Waals surface area contributed by atoms with Gasteiger partial charge in [-0.1, -0.05) is 6.07 Å². The van der Waals surface area contributed by atoms with Gasteiger partial charge in [-0.15, -0.1) is 0 Å². The van der Waals surface area contributed by atoms with E-state index >= 15 is 0 Å². The first-order valence-corrected chi connectivity index (χ1v) is 3.70. The van der Waals surface area contributed by atoms with Crippen LogP contribution in [0.1, 0.15) is 18.7 Å². The number of nitrogens with one attached hydrogen (secondary N) is 1. The average molecular weight is 203 g/mol. The standard InChI is InChI=1S/C9H9NO3.Na.H/c1-6(11)10-8-4-2-3-7(5-8)9(12)13;;/h2-5H,1H3,(H,10,11)(H,12,13);;/q;+1;-1. The summed E-state index contributed by atoms with van der Waals surface area (Å²) in [6.45, 7) is 1.37. The van der Waals surface area contributed by atoms with Crippen LogP contribution in [0.3, 0.4) is 0 Å². The van der Waals surface area contributed by atoms with Crippen molar-refractivity contribution in [2.45, 2.75) is 6.92 Å². The first-order chi connectivity index (χ1) is 6.09. The van der Waals surface area contributed by atoms with Crippen LogP contribution in [-0.4, -0.2) is 17.0 Å². The number of anilines is 1. The quantitative estimate of drug-likeness (QED) is 0.572. The molecule has 0 aliphatic rings. The summed E-state index contributed by atoms with van der Waals surface area (Å²) in [5.41, 5.74) is 0.652. The van der Waals surface area contributed by atoms with Crippen LogP contribution in [0.2, 0.25) is 0 Å². The number of carbonyl (C=O) groups excluding carboxylic acids is 1. The van der Waals surface area contributed by atoms with Crippen LogP contribution in [0.4, 0.5) is 5.69 Å². The zero-order chi connectivity index (χ0) is 9.84. The number of hydrogen-bond acceptors (Lipinski definition) is 2. The first-order valence-electron chi connectivity index (χ1n) is 3.70. The van der Waals surface area contributed by atoms with Crippen molar-refractivity contribution >= 4 is 17.6 Å². The van der Waals surface area contributed by atoms with Crippen molar-refractivity contribution in [2.24, 2.45) is 0 Å². The van der Waals surface area contributed by atoms with E-state index < -0.39 is 5.97 Å². The zero-order valence-electron chi connectivity index (χ0n) is 9.07. The second-order valence-corrected chi connectivity index (χ2v) is 2.57. The number of carboxylic acids is 1. The van der Waals surface area contributed by atoms with E-state index in [4.69, 9.17) is 5.11 Å². The minimum absolute atomic E-state index is 0. The van der Waals surface area contributed by atoms with Gasteiger partial charge in [0, 0.05) is 12.6 Å². The third kappa shape index (κ3) is 3.91. The predicted molar refractivity (Wildman–Crippen MR) is 48.8 cm³/mol. The topological polar surface area (TPSA) is 66.4 Å². The Hall–Kier alpha value is -0.840. The van der Waals surface area contributed by atoms with Crippen molar-refractivity contribution in [2.75, 3.05) is 5.32 Å². The van der Waals surface area contributed by atoms with Gasteiger partial charge in [-0.3, -0.25) is 4.79 Å². The number of aromatic carboxylic acids is 1.